The Kier molecular flexibility index (Phi) is 11.7. The molecule has 0 amide bonds. The summed E-state index contributed by atoms with van der Waals surface area (Å²) in [5.41, 5.74) is 4.47. The molecule has 0 radical (unpaired) electrons. The highest BCUT2D eigenvalue weighted by atomic mass is 35.5. The zero-order chi connectivity index (χ0) is 32.0. The maximum absolute atomic E-state index is 10.0. The number of rotatable bonds is 18. The molecule has 244 valence electrons. The van der Waals surface area contributed by atoms with E-state index < -0.39 is 36.6 Å². The van der Waals surface area contributed by atoms with E-state index in [9.17, 15) is 20.4 Å². The molecule has 5 rings (SSSR count). The predicted octanol–water partition coefficient (Wildman–Crippen LogP) is 4.15. The molecule has 0 aliphatic heterocycles. The van der Waals surface area contributed by atoms with Crippen molar-refractivity contribution in [3.8, 4) is 16.9 Å². The molecule has 4 unspecified atom stereocenters. The van der Waals surface area contributed by atoms with Crippen LogP contribution in [0.5, 0.6) is 5.75 Å². The number of halogens is 2. The molecule has 45 heavy (non-hydrogen) atoms. The molecule has 0 saturated heterocycles. The molecule has 2 aromatic carbocycles. The number of hydrogen-bond donors (Lipinski definition) is 6. The van der Waals surface area contributed by atoms with Crippen molar-refractivity contribution in [1.82, 2.24) is 10.3 Å². The summed E-state index contributed by atoms with van der Waals surface area (Å²) in [4.78, 5) is 4.43. The number of hydrogen-bond acceptors (Lipinski definition) is 9. The van der Waals surface area contributed by atoms with Crippen LogP contribution < -0.4 is 10.1 Å². The lowest BCUT2D eigenvalue weighted by atomic mass is 9.96. The summed E-state index contributed by atoms with van der Waals surface area (Å²) >= 11 is 13.4. The summed E-state index contributed by atoms with van der Waals surface area (Å²) in [7, 11) is 0. The van der Waals surface area contributed by atoms with Crippen LogP contribution in [-0.2, 0) is 23.4 Å². The molecule has 9 nitrogen and oxygen atoms in total. The van der Waals surface area contributed by atoms with Crippen LogP contribution in [0.4, 0.5) is 0 Å². The summed E-state index contributed by atoms with van der Waals surface area (Å²) in [6, 6.07) is 13.9. The Labute approximate surface area is 273 Å². The lowest BCUT2D eigenvalue weighted by Crippen LogP contribution is -2.49. The van der Waals surface area contributed by atoms with Crippen molar-refractivity contribution in [3.05, 3.63) is 81.6 Å². The number of nitrogens with one attached hydrogen (secondary N) is 1. The van der Waals surface area contributed by atoms with Crippen molar-refractivity contribution >= 4 is 23.2 Å². The second kappa shape index (κ2) is 15.5. The van der Waals surface area contributed by atoms with Crippen molar-refractivity contribution in [2.24, 2.45) is 0 Å². The Morgan fingerprint density at radius 1 is 0.911 bits per heavy atom. The molecule has 2 aliphatic rings. The Hall–Kier alpha value is -2.31. The Balaban J connectivity index is 1.13. The lowest BCUT2D eigenvalue weighted by Gasteiger charge is -2.25. The third kappa shape index (κ3) is 8.74. The highest BCUT2D eigenvalue weighted by molar-refractivity contribution is 6.34. The summed E-state index contributed by atoms with van der Waals surface area (Å²) in [6.07, 6.45) is 4.22. The minimum atomic E-state index is -1.64. The van der Waals surface area contributed by atoms with E-state index >= 15 is 0 Å². The highest BCUT2D eigenvalue weighted by Crippen LogP contribution is 2.53. The van der Waals surface area contributed by atoms with Crippen LogP contribution >= 0.6 is 23.2 Å². The number of aromatic nitrogens is 1. The van der Waals surface area contributed by atoms with Gasteiger partial charge in [0.2, 0.25) is 0 Å². The van der Waals surface area contributed by atoms with Gasteiger partial charge in [0, 0.05) is 40.1 Å². The van der Waals surface area contributed by atoms with Crippen molar-refractivity contribution in [2.75, 3.05) is 19.7 Å². The fourth-order valence-electron chi connectivity index (χ4n) is 5.40. The number of nitrogens with zero attached hydrogens (tertiary/aromatic N) is 1. The molecular formula is C34H42Cl2N2O7. The maximum atomic E-state index is 10.0. The minimum absolute atomic E-state index is 0.0282. The SMILES string of the molecule is OCC(O)C(O)C(O)C(O)CNCCCCc1cc(Cl)c(COC2(c3cnccc3-c3ccccc3OC3CC3)CC2)cc1Cl. The van der Waals surface area contributed by atoms with Crippen LogP contribution in [0.15, 0.2) is 54.9 Å². The summed E-state index contributed by atoms with van der Waals surface area (Å²) in [6.45, 7) is 0.198. The van der Waals surface area contributed by atoms with Gasteiger partial charge in [-0.1, -0.05) is 41.4 Å². The number of para-hydroxylation sites is 1. The number of aryl methyl sites for hydroxylation is 1. The van der Waals surface area contributed by atoms with Crippen LogP contribution in [0.25, 0.3) is 11.1 Å². The first-order valence-electron chi connectivity index (χ1n) is 15.6. The highest BCUT2D eigenvalue weighted by Gasteiger charge is 2.48. The molecule has 4 atom stereocenters. The number of benzene rings is 2. The van der Waals surface area contributed by atoms with Crippen LogP contribution in [0.2, 0.25) is 10.0 Å². The van der Waals surface area contributed by atoms with Gasteiger partial charge in [-0.15, -0.1) is 0 Å². The minimum Gasteiger partial charge on any atom is -0.490 e. The van der Waals surface area contributed by atoms with Gasteiger partial charge in [0.05, 0.1) is 31.0 Å². The van der Waals surface area contributed by atoms with Gasteiger partial charge in [-0.05, 0) is 92.4 Å². The number of aliphatic hydroxyl groups is 5. The average molecular weight is 662 g/mol. The van der Waals surface area contributed by atoms with Crippen LogP contribution in [-0.4, -0.2) is 80.7 Å². The monoisotopic (exact) mass is 660 g/mol. The van der Waals surface area contributed by atoms with Crippen molar-refractivity contribution in [3.63, 3.8) is 0 Å². The summed E-state index contributed by atoms with van der Waals surface area (Å²) in [5, 5.41) is 52.2. The van der Waals surface area contributed by atoms with Crippen LogP contribution in [0.3, 0.4) is 0 Å². The van der Waals surface area contributed by atoms with Gasteiger partial charge in [0.1, 0.15) is 24.1 Å². The van der Waals surface area contributed by atoms with Gasteiger partial charge in [-0.2, -0.15) is 0 Å². The van der Waals surface area contributed by atoms with E-state index in [1.165, 1.54) is 0 Å². The zero-order valence-corrected chi connectivity index (χ0v) is 26.6. The number of pyridine rings is 1. The molecule has 1 aromatic heterocycles. The summed E-state index contributed by atoms with van der Waals surface area (Å²) in [5.74, 6) is 0.885. The van der Waals surface area contributed by atoms with E-state index in [0.717, 1.165) is 72.1 Å². The van der Waals surface area contributed by atoms with Crippen molar-refractivity contribution in [1.29, 1.82) is 0 Å². The van der Waals surface area contributed by atoms with E-state index in [4.69, 9.17) is 37.8 Å². The van der Waals surface area contributed by atoms with Crippen LogP contribution in [0.1, 0.15) is 55.2 Å². The molecular weight excluding hydrogens is 619 g/mol. The van der Waals surface area contributed by atoms with Crippen molar-refractivity contribution in [2.45, 2.75) is 87.7 Å². The molecule has 0 spiro atoms. The quantitative estimate of drug-likeness (QED) is 0.111. The smallest absolute Gasteiger partial charge is 0.127 e. The van der Waals surface area contributed by atoms with Gasteiger partial charge in [-0.3, -0.25) is 4.98 Å². The molecule has 1 heterocycles. The molecule has 6 N–H and O–H groups in total. The second-order valence-electron chi connectivity index (χ2n) is 12.0. The van der Waals surface area contributed by atoms with Gasteiger partial charge in [-0.25, -0.2) is 0 Å². The largest absolute Gasteiger partial charge is 0.490 e. The third-order valence-corrected chi connectivity index (χ3v) is 9.16. The Morgan fingerprint density at radius 3 is 2.36 bits per heavy atom. The first-order chi connectivity index (χ1) is 21.7. The lowest BCUT2D eigenvalue weighted by molar-refractivity contribution is -0.113. The second-order valence-corrected chi connectivity index (χ2v) is 12.8. The van der Waals surface area contributed by atoms with Crippen LogP contribution in [0, 0.1) is 0 Å². The maximum Gasteiger partial charge on any atom is 0.127 e. The topological polar surface area (TPSA) is 145 Å². The first kappa shape index (κ1) is 34.0. The zero-order valence-electron chi connectivity index (χ0n) is 25.1. The summed E-state index contributed by atoms with van der Waals surface area (Å²) < 4.78 is 12.8. The first-order valence-corrected chi connectivity index (χ1v) is 16.3. The molecule has 11 heteroatoms. The van der Waals surface area contributed by atoms with Gasteiger partial charge in [0.15, 0.2) is 0 Å². The molecule has 2 saturated carbocycles. The fraction of sp³-hybridized carbons (Fsp3) is 0.500. The standard InChI is InChI=1S/C34H42Cl2N2O7/c35-27-16-22(28(36)15-21(27)5-3-4-13-37-18-29(40)32(42)33(43)30(41)19-39)20-44-34(11-12-34)26-17-38-14-10-24(26)25-6-1-2-7-31(25)45-23-8-9-23/h1-2,6-7,10,14-17,23,29-30,32-33,37,39-43H,3-5,8-9,11-13,18-20H2. The van der Waals surface area contributed by atoms with Gasteiger partial charge < -0.3 is 40.3 Å². The number of ether oxygens (including phenoxy) is 2. The van der Waals surface area contributed by atoms with Crippen molar-refractivity contribution < 1.29 is 35.0 Å². The molecule has 3 aromatic rings. The fourth-order valence-corrected chi connectivity index (χ4v) is 5.92. The third-order valence-electron chi connectivity index (χ3n) is 8.46. The van der Waals surface area contributed by atoms with E-state index in [1.54, 1.807) is 6.20 Å². The predicted molar refractivity (Wildman–Crippen MR) is 172 cm³/mol. The molecule has 2 aliphatic carbocycles. The Bertz CT molecular complexity index is 1420. The number of unbranched alkanes of at least 4 members (excludes halogenated alkanes) is 1. The van der Waals surface area contributed by atoms with Gasteiger partial charge in [0.25, 0.3) is 0 Å². The molecule has 0 bridgehead atoms. The van der Waals surface area contributed by atoms with E-state index in [-0.39, 0.29) is 6.54 Å². The number of aliphatic hydroxyl groups excluding tert-OH is 5. The Morgan fingerprint density at radius 2 is 1.62 bits per heavy atom. The van der Waals surface area contributed by atoms with Gasteiger partial charge >= 0.3 is 0 Å². The van der Waals surface area contributed by atoms with E-state index in [0.29, 0.717) is 35.7 Å². The van der Waals surface area contributed by atoms with E-state index in [1.807, 2.05) is 42.6 Å². The average Bonchev–Trinajstić information content (AvgIpc) is 4.00. The normalized spacial score (nSPS) is 18.3. The van der Waals surface area contributed by atoms with E-state index in [2.05, 4.69) is 16.4 Å². The molecule has 2 fully saturated rings.